The lowest BCUT2D eigenvalue weighted by atomic mass is 10.2. The summed E-state index contributed by atoms with van der Waals surface area (Å²) < 4.78 is 16.0. The van der Waals surface area contributed by atoms with Crippen LogP contribution in [0.1, 0.15) is 0 Å². The van der Waals surface area contributed by atoms with E-state index in [9.17, 15) is 5.11 Å². The molecule has 1 fully saturated rings. The molecule has 0 radical (unpaired) electrons. The van der Waals surface area contributed by atoms with Crippen LogP contribution in [0.2, 0.25) is 5.02 Å². The minimum atomic E-state index is -0.580. The molecule has 0 saturated carbocycles. The van der Waals surface area contributed by atoms with E-state index in [-0.39, 0.29) is 6.61 Å². The molecule has 0 bridgehead atoms. The lowest BCUT2D eigenvalue weighted by molar-refractivity contribution is 0.00396. The van der Waals surface area contributed by atoms with Gasteiger partial charge in [0.15, 0.2) is 5.76 Å². The number of benzene rings is 1. The van der Waals surface area contributed by atoms with Crippen molar-refractivity contribution < 1.29 is 19.1 Å². The second kappa shape index (κ2) is 7.79. The molecule has 0 spiro atoms. The minimum absolute atomic E-state index is 0.171. The van der Waals surface area contributed by atoms with Gasteiger partial charge in [0.25, 0.3) is 5.88 Å². The maximum atomic E-state index is 10.0. The van der Waals surface area contributed by atoms with Crippen LogP contribution in [0.5, 0.6) is 5.88 Å². The van der Waals surface area contributed by atoms with E-state index in [1.54, 1.807) is 18.2 Å². The first-order valence-corrected chi connectivity index (χ1v) is 7.92. The van der Waals surface area contributed by atoms with Gasteiger partial charge in [-0.1, -0.05) is 11.6 Å². The normalized spacial score (nSPS) is 17.1. The average molecular weight is 339 g/mol. The first-order valence-electron chi connectivity index (χ1n) is 7.54. The standard InChI is InChI=1S/C16H19ClN2O4/c17-13-3-1-12(2-4-13)15-9-16(18-23-15)22-11-14(20)10-19-5-7-21-8-6-19/h1-4,9,14,20H,5-8,10-11H2. The third kappa shape index (κ3) is 4.68. The van der Waals surface area contributed by atoms with Crippen molar-refractivity contribution in [2.24, 2.45) is 0 Å². The smallest absolute Gasteiger partial charge is 0.254 e. The van der Waals surface area contributed by atoms with Crippen LogP contribution >= 0.6 is 11.6 Å². The molecule has 124 valence electrons. The van der Waals surface area contributed by atoms with Crippen LogP contribution < -0.4 is 4.74 Å². The van der Waals surface area contributed by atoms with Gasteiger partial charge in [-0.25, -0.2) is 0 Å². The van der Waals surface area contributed by atoms with Crippen molar-refractivity contribution in [1.82, 2.24) is 10.1 Å². The van der Waals surface area contributed by atoms with E-state index in [4.69, 9.17) is 25.6 Å². The summed E-state index contributed by atoms with van der Waals surface area (Å²) in [5.74, 6) is 0.954. The van der Waals surface area contributed by atoms with Crippen LogP contribution in [0.3, 0.4) is 0 Å². The molecule has 1 aromatic carbocycles. The molecule has 2 aromatic rings. The molecule has 6 nitrogen and oxygen atoms in total. The third-order valence-electron chi connectivity index (χ3n) is 3.61. The molecule has 0 amide bonds. The van der Waals surface area contributed by atoms with Crippen molar-refractivity contribution in [3.8, 4) is 17.2 Å². The number of hydrogen-bond donors (Lipinski definition) is 1. The van der Waals surface area contributed by atoms with Crippen LogP contribution in [0, 0.1) is 0 Å². The number of aromatic nitrogens is 1. The second-order valence-electron chi connectivity index (χ2n) is 5.41. The third-order valence-corrected chi connectivity index (χ3v) is 3.87. The molecule has 1 unspecified atom stereocenters. The van der Waals surface area contributed by atoms with Gasteiger partial charge in [0, 0.05) is 36.3 Å². The second-order valence-corrected chi connectivity index (χ2v) is 5.85. The number of morpholine rings is 1. The summed E-state index contributed by atoms with van der Waals surface area (Å²) in [6.45, 7) is 3.82. The highest BCUT2D eigenvalue weighted by molar-refractivity contribution is 6.30. The van der Waals surface area contributed by atoms with Crippen LogP contribution in [0.25, 0.3) is 11.3 Å². The number of nitrogens with zero attached hydrogens (tertiary/aromatic N) is 2. The van der Waals surface area contributed by atoms with E-state index in [0.717, 1.165) is 18.7 Å². The number of hydrogen-bond acceptors (Lipinski definition) is 6. The summed E-state index contributed by atoms with van der Waals surface area (Å²) in [6, 6.07) is 8.96. The van der Waals surface area contributed by atoms with Crippen molar-refractivity contribution in [1.29, 1.82) is 0 Å². The lowest BCUT2D eigenvalue weighted by Crippen LogP contribution is -2.42. The Morgan fingerprint density at radius 1 is 1.26 bits per heavy atom. The largest absolute Gasteiger partial charge is 0.473 e. The van der Waals surface area contributed by atoms with Gasteiger partial charge in [-0.3, -0.25) is 4.90 Å². The zero-order chi connectivity index (χ0) is 16.1. The Balaban J connectivity index is 1.49. The number of ether oxygens (including phenoxy) is 2. The van der Waals surface area contributed by atoms with Crippen LogP contribution in [0.15, 0.2) is 34.9 Å². The van der Waals surface area contributed by atoms with Gasteiger partial charge in [0.1, 0.15) is 12.7 Å². The number of β-amino-alcohol motifs (C(OH)–C–C–N with tert-alkyl or cyclic N) is 1. The van der Waals surface area contributed by atoms with E-state index in [1.165, 1.54) is 0 Å². The van der Waals surface area contributed by atoms with Gasteiger partial charge < -0.3 is 19.1 Å². The average Bonchev–Trinajstić information content (AvgIpc) is 3.04. The zero-order valence-electron chi connectivity index (χ0n) is 12.7. The number of rotatable bonds is 6. The molecule has 1 N–H and O–H groups in total. The van der Waals surface area contributed by atoms with E-state index in [1.807, 2.05) is 12.1 Å². The lowest BCUT2D eigenvalue weighted by Gasteiger charge is -2.28. The minimum Gasteiger partial charge on any atom is -0.473 e. The molecule has 23 heavy (non-hydrogen) atoms. The summed E-state index contributed by atoms with van der Waals surface area (Å²) in [5.41, 5.74) is 0.866. The summed E-state index contributed by atoms with van der Waals surface area (Å²) in [4.78, 5) is 2.15. The fourth-order valence-corrected chi connectivity index (χ4v) is 2.52. The van der Waals surface area contributed by atoms with E-state index < -0.39 is 6.10 Å². The Morgan fingerprint density at radius 3 is 2.74 bits per heavy atom. The SMILES string of the molecule is OC(COc1cc(-c2ccc(Cl)cc2)on1)CN1CCOCC1. The maximum absolute atomic E-state index is 10.0. The molecule has 1 atom stereocenters. The van der Waals surface area contributed by atoms with Crippen molar-refractivity contribution >= 4 is 11.6 Å². The highest BCUT2D eigenvalue weighted by atomic mass is 35.5. The first kappa shape index (κ1) is 16.3. The zero-order valence-corrected chi connectivity index (χ0v) is 13.4. The Labute approximate surface area is 139 Å². The van der Waals surface area contributed by atoms with Crippen molar-refractivity contribution in [2.75, 3.05) is 39.5 Å². The molecule has 3 rings (SSSR count). The topological polar surface area (TPSA) is 68.0 Å². The Morgan fingerprint density at radius 2 is 2.00 bits per heavy atom. The van der Waals surface area contributed by atoms with Crippen molar-refractivity contribution in [2.45, 2.75) is 6.10 Å². The van der Waals surface area contributed by atoms with Gasteiger partial charge >= 0.3 is 0 Å². The van der Waals surface area contributed by atoms with E-state index in [2.05, 4.69) is 10.1 Å². The summed E-state index contributed by atoms with van der Waals surface area (Å²) >= 11 is 5.86. The van der Waals surface area contributed by atoms with Crippen molar-refractivity contribution in [3.05, 3.63) is 35.4 Å². The molecule has 7 heteroatoms. The van der Waals surface area contributed by atoms with Gasteiger partial charge in [-0.05, 0) is 29.4 Å². The summed E-state index contributed by atoms with van der Waals surface area (Å²) in [6.07, 6.45) is -0.580. The number of halogens is 1. The van der Waals surface area contributed by atoms with Gasteiger partial charge in [0.2, 0.25) is 0 Å². The summed E-state index contributed by atoms with van der Waals surface area (Å²) in [7, 11) is 0. The first-order chi connectivity index (χ1) is 11.2. The molecule has 1 saturated heterocycles. The predicted molar refractivity (Wildman–Crippen MR) is 85.7 cm³/mol. The molecular weight excluding hydrogens is 320 g/mol. The van der Waals surface area contributed by atoms with Gasteiger partial charge in [-0.15, -0.1) is 0 Å². The molecule has 2 heterocycles. The Hall–Kier alpha value is -1.60. The van der Waals surface area contributed by atoms with Crippen LogP contribution in [-0.2, 0) is 4.74 Å². The summed E-state index contributed by atoms with van der Waals surface area (Å²) in [5, 5.41) is 14.6. The monoisotopic (exact) mass is 338 g/mol. The maximum Gasteiger partial charge on any atom is 0.254 e. The van der Waals surface area contributed by atoms with Gasteiger partial charge in [-0.2, -0.15) is 0 Å². The van der Waals surface area contributed by atoms with E-state index >= 15 is 0 Å². The Kier molecular flexibility index (Phi) is 5.51. The molecule has 0 aliphatic carbocycles. The number of aliphatic hydroxyl groups is 1. The predicted octanol–water partition coefficient (Wildman–Crippen LogP) is 2.07. The fourth-order valence-electron chi connectivity index (χ4n) is 2.39. The molecular formula is C16H19ClN2O4. The molecule has 1 aromatic heterocycles. The van der Waals surface area contributed by atoms with Crippen LogP contribution in [0.4, 0.5) is 0 Å². The highest BCUT2D eigenvalue weighted by Crippen LogP contribution is 2.24. The van der Waals surface area contributed by atoms with E-state index in [0.29, 0.717) is 36.4 Å². The fraction of sp³-hybridized carbons (Fsp3) is 0.438. The number of aliphatic hydroxyl groups excluding tert-OH is 1. The van der Waals surface area contributed by atoms with Crippen LogP contribution in [-0.4, -0.2) is 60.7 Å². The Bertz CT molecular complexity index is 611. The molecule has 1 aliphatic heterocycles. The van der Waals surface area contributed by atoms with Gasteiger partial charge in [0.05, 0.1) is 13.2 Å². The molecule has 1 aliphatic rings. The quantitative estimate of drug-likeness (QED) is 0.869. The van der Waals surface area contributed by atoms with Crippen molar-refractivity contribution in [3.63, 3.8) is 0 Å². The highest BCUT2D eigenvalue weighted by Gasteiger charge is 2.16.